The Labute approximate surface area is 217 Å². The number of aromatic nitrogens is 1. The van der Waals surface area contributed by atoms with Crippen molar-refractivity contribution in [1.29, 1.82) is 0 Å². The molecule has 196 valence electrons. The summed E-state index contributed by atoms with van der Waals surface area (Å²) in [5.41, 5.74) is 1.86. The monoisotopic (exact) mass is 518 g/mol. The summed E-state index contributed by atoms with van der Waals surface area (Å²) in [4.78, 5) is 31.9. The van der Waals surface area contributed by atoms with Gasteiger partial charge in [0.15, 0.2) is 0 Å². The van der Waals surface area contributed by atoms with E-state index >= 15 is 0 Å². The fraction of sp³-hybridized carbons (Fsp3) is 0.593. The maximum atomic E-state index is 12.9. The van der Waals surface area contributed by atoms with Crippen molar-refractivity contribution in [2.24, 2.45) is 0 Å². The number of nitrogens with zero attached hydrogens (tertiary/aromatic N) is 2. The molecular weight excluding hydrogens is 484 g/mol. The SMILES string of the molecule is COC(=O)C1CC(Oc2c(C3CCC3)nc3ccc(OC)cc3c2C(C)Cl)CN1C(=O)OC(C)(C)C. The molecule has 1 aromatic carbocycles. The highest BCUT2D eigenvalue weighted by atomic mass is 35.5. The fourth-order valence-electron chi connectivity index (χ4n) is 4.80. The molecule has 1 aliphatic heterocycles. The number of hydrogen-bond acceptors (Lipinski definition) is 7. The summed E-state index contributed by atoms with van der Waals surface area (Å²) in [6, 6.07) is 4.95. The van der Waals surface area contributed by atoms with Gasteiger partial charge in [-0.3, -0.25) is 4.90 Å². The van der Waals surface area contributed by atoms with Crippen LogP contribution in [0.2, 0.25) is 0 Å². The molecule has 9 heteroatoms. The van der Waals surface area contributed by atoms with Crippen molar-refractivity contribution in [2.75, 3.05) is 20.8 Å². The normalized spacial score (nSPS) is 21.1. The summed E-state index contributed by atoms with van der Waals surface area (Å²) < 4.78 is 22.6. The van der Waals surface area contributed by atoms with Crippen molar-refractivity contribution in [3.8, 4) is 11.5 Å². The van der Waals surface area contributed by atoms with Gasteiger partial charge in [-0.25, -0.2) is 14.6 Å². The summed E-state index contributed by atoms with van der Waals surface area (Å²) in [5.74, 6) is 1.12. The molecule has 2 heterocycles. The molecule has 2 aliphatic rings. The van der Waals surface area contributed by atoms with Gasteiger partial charge < -0.3 is 18.9 Å². The van der Waals surface area contributed by atoms with E-state index in [0.717, 1.165) is 41.4 Å². The number of pyridine rings is 1. The van der Waals surface area contributed by atoms with Gasteiger partial charge >= 0.3 is 12.1 Å². The second-order valence-electron chi connectivity index (χ2n) is 10.5. The van der Waals surface area contributed by atoms with Gasteiger partial charge in [-0.15, -0.1) is 11.6 Å². The number of fused-ring (bicyclic) bond motifs is 1. The van der Waals surface area contributed by atoms with Crippen LogP contribution in [-0.2, 0) is 14.3 Å². The molecule has 8 nitrogen and oxygen atoms in total. The molecule has 3 unspecified atom stereocenters. The Bertz CT molecular complexity index is 1140. The molecule has 2 fully saturated rings. The Morgan fingerprint density at radius 2 is 1.92 bits per heavy atom. The standard InChI is InChI=1S/C27H35ClN2O6/c1-15(28)22-19-12-17(33-5)10-11-20(19)29-23(16-8-7-9-16)24(22)35-18-13-21(25(31)34-6)30(14-18)26(32)36-27(2,3)4/h10-12,15-16,18,21H,7-9,13-14H2,1-6H3. The fourth-order valence-corrected chi connectivity index (χ4v) is 5.02. The van der Waals surface area contributed by atoms with Crippen LogP contribution in [0.15, 0.2) is 18.2 Å². The maximum absolute atomic E-state index is 12.9. The molecule has 1 saturated heterocycles. The van der Waals surface area contributed by atoms with Gasteiger partial charge in [-0.2, -0.15) is 0 Å². The van der Waals surface area contributed by atoms with E-state index in [1.807, 2.05) is 25.1 Å². The first-order valence-electron chi connectivity index (χ1n) is 12.4. The molecule has 36 heavy (non-hydrogen) atoms. The third-order valence-corrected chi connectivity index (χ3v) is 6.97. The third-order valence-electron chi connectivity index (χ3n) is 6.75. The number of likely N-dealkylation sites (tertiary alicyclic amines) is 1. The van der Waals surface area contributed by atoms with E-state index in [2.05, 4.69) is 0 Å². The van der Waals surface area contributed by atoms with Gasteiger partial charge in [0.05, 0.1) is 37.4 Å². The summed E-state index contributed by atoms with van der Waals surface area (Å²) in [7, 11) is 2.93. The lowest BCUT2D eigenvalue weighted by Gasteiger charge is -2.30. The maximum Gasteiger partial charge on any atom is 0.411 e. The summed E-state index contributed by atoms with van der Waals surface area (Å²) in [6.07, 6.45) is 2.44. The highest BCUT2D eigenvalue weighted by Gasteiger charge is 2.44. The minimum Gasteiger partial charge on any atom is -0.497 e. The highest BCUT2D eigenvalue weighted by Crippen LogP contribution is 2.47. The largest absolute Gasteiger partial charge is 0.497 e. The van der Waals surface area contributed by atoms with Crippen LogP contribution in [0.25, 0.3) is 10.9 Å². The van der Waals surface area contributed by atoms with Crippen LogP contribution in [0.4, 0.5) is 4.79 Å². The minimum absolute atomic E-state index is 0.186. The molecule has 1 saturated carbocycles. The Morgan fingerprint density at radius 3 is 2.47 bits per heavy atom. The van der Waals surface area contributed by atoms with E-state index in [1.165, 1.54) is 12.0 Å². The van der Waals surface area contributed by atoms with Crippen LogP contribution in [0.5, 0.6) is 11.5 Å². The Kier molecular flexibility index (Phi) is 7.55. The van der Waals surface area contributed by atoms with Gasteiger partial charge in [0, 0.05) is 23.3 Å². The number of alkyl halides is 1. The van der Waals surface area contributed by atoms with E-state index in [-0.39, 0.29) is 24.3 Å². The van der Waals surface area contributed by atoms with E-state index in [9.17, 15) is 9.59 Å². The number of amides is 1. The van der Waals surface area contributed by atoms with E-state index in [1.54, 1.807) is 27.9 Å². The van der Waals surface area contributed by atoms with Crippen molar-refractivity contribution >= 4 is 34.6 Å². The van der Waals surface area contributed by atoms with E-state index in [4.69, 9.17) is 35.5 Å². The predicted molar refractivity (Wildman–Crippen MR) is 137 cm³/mol. The molecule has 3 atom stereocenters. The van der Waals surface area contributed by atoms with Crippen molar-refractivity contribution in [3.63, 3.8) is 0 Å². The molecule has 4 rings (SSSR count). The number of ether oxygens (including phenoxy) is 4. The van der Waals surface area contributed by atoms with Gasteiger partial charge in [-0.1, -0.05) is 6.42 Å². The van der Waals surface area contributed by atoms with Crippen LogP contribution in [0, 0.1) is 0 Å². The van der Waals surface area contributed by atoms with Crippen molar-refractivity contribution < 1.29 is 28.5 Å². The Balaban J connectivity index is 1.74. The number of rotatable bonds is 6. The topological polar surface area (TPSA) is 87.2 Å². The van der Waals surface area contributed by atoms with Crippen molar-refractivity contribution in [3.05, 3.63) is 29.5 Å². The van der Waals surface area contributed by atoms with Crippen LogP contribution in [-0.4, -0.2) is 60.5 Å². The highest BCUT2D eigenvalue weighted by molar-refractivity contribution is 6.22. The number of carbonyl (C=O) groups is 2. The van der Waals surface area contributed by atoms with Gasteiger partial charge in [0.2, 0.25) is 0 Å². The molecule has 2 aromatic rings. The van der Waals surface area contributed by atoms with Crippen molar-refractivity contribution in [2.45, 2.75) is 82.4 Å². The first-order valence-corrected chi connectivity index (χ1v) is 12.9. The second-order valence-corrected chi connectivity index (χ2v) is 11.2. The van der Waals surface area contributed by atoms with Crippen LogP contribution in [0.3, 0.4) is 0 Å². The van der Waals surface area contributed by atoms with Crippen molar-refractivity contribution in [1.82, 2.24) is 9.88 Å². The number of methoxy groups -OCH3 is 2. The lowest BCUT2D eigenvalue weighted by atomic mass is 9.81. The molecule has 0 radical (unpaired) electrons. The first-order chi connectivity index (χ1) is 17.0. The molecule has 1 aliphatic carbocycles. The number of carbonyl (C=O) groups excluding carboxylic acids is 2. The number of hydrogen-bond donors (Lipinski definition) is 0. The van der Waals surface area contributed by atoms with Crippen LogP contribution < -0.4 is 9.47 Å². The average Bonchev–Trinajstić information content (AvgIpc) is 3.20. The number of benzene rings is 1. The zero-order valence-corrected chi connectivity index (χ0v) is 22.6. The van der Waals surface area contributed by atoms with Gasteiger partial charge in [-0.05, 0) is 58.7 Å². The summed E-state index contributed by atoms with van der Waals surface area (Å²) in [5, 5.41) is 0.498. The lowest BCUT2D eigenvalue weighted by Crippen LogP contribution is -2.44. The number of esters is 1. The molecule has 0 bridgehead atoms. The average molecular weight is 519 g/mol. The molecule has 0 spiro atoms. The zero-order valence-electron chi connectivity index (χ0n) is 21.8. The number of halogens is 1. The van der Waals surface area contributed by atoms with Crippen LogP contribution >= 0.6 is 11.6 Å². The zero-order chi connectivity index (χ0) is 26.2. The molecular formula is C27H35ClN2O6. The minimum atomic E-state index is -0.799. The lowest BCUT2D eigenvalue weighted by molar-refractivity contribution is -0.145. The second kappa shape index (κ2) is 10.3. The quantitative estimate of drug-likeness (QED) is 0.356. The molecule has 1 aromatic heterocycles. The third kappa shape index (κ3) is 5.33. The van der Waals surface area contributed by atoms with E-state index < -0.39 is 29.8 Å². The van der Waals surface area contributed by atoms with Gasteiger partial charge in [0.25, 0.3) is 0 Å². The van der Waals surface area contributed by atoms with E-state index in [0.29, 0.717) is 11.5 Å². The smallest absolute Gasteiger partial charge is 0.411 e. The Hall–Kier alpha value is -2.74. The summed E-state index contributed by atoms with van der Waals surface area (Å²) >= 11 is 6.75. The predicted octanol–water partition coefficient (Wildman–Crippen LogP) is 5.74. The molecule has 1 amide bonds. The summed E-state index contributed by atoms with van der Waals surface area (Å²) in [6.45, 7) is 7.46. The first kappa shape index (κ1) is 26.3. The van der Waals surface area contributed by atoms with Gasteiger partial charge in [0.1, 0.15) is 29.2 Å². The van der Waals surface area contributed by atoms with Crippen LogP contribution in [0.1, 0.15) is 75.9 Å². The molecule has 0 N–H and O–H groups in total. The Morgan fingerprint density at radius 1 is 1.19 bits per heavy atom.